The minimum absolute atomic E-state index is 0.0742. The van der Waals surface area contributed by atoms with E-state index in [-0.39, 0.29) is 11.9 Å². The van der Waals surface area contributed by atoms with Crippen molar-refractivity contribution in [1.29, 1.82) is 0 Å². The first kappa shape index (κ1) is 14.6. The smallest absolute Gasteiger partial charge is 0.237 e. The Balaban J connectivity index is 1.55. The SMILES string of the molecule is CC1(C)CCC(NC(=O)[C@H]2Cc3ccccc3CN2)CC1. The summed E-state index contributed by atoms with van der Waals surface area (Å²) in [6, 6.07) is 8.69. The Hall–Kier alpha value is -1.35. The second-order valence-electron chi connectivity index (χ2n) is 7.35. The number of hydrogen-bond donors (Lipinski definition) is 2. The van der Waals surface area contributed by atoms with Gasteiger partial charge in [0.1, 0.15) is 0 Å². The zero-order chi connectivity index (χ0) is 14.9. The molecule has 1 aliphatic heterocycles. The minimum atomic E-state index is -0.0742. The molecule has 21 heavy (non-hydrogen) atoms. The predicted octanol–water partition coefficient (Wildman–Crippen LogP) is 2.79. The molecule has 1 aliphatic carbocycles. The molecule has 0 radical (unpaired) electrons. The van der Waals surface area contributed by atoms with E-state index in [2.05, 4.69) is 48.7 Å². The van der Waals surface area contributed by atoms with Gasteiger partial charge in [0, 0.05) is 12.6 Å². The molecule has 0 saturated heterocycles. The lowest BCUT2D eigenvalue weighted by Crippen LogP contribution is -2.51. The van der Waals surface area contributed by atoms with Gasteiger partial charge in [-0.1, -0.05) is 38.1 Å². The van der Waals surface area contributed by atoms with E-state index in [1.54, 1.807) is 0 Å². The van der Waals surface area contributed by atoms with E-state index in [4.69, 9.17) is 0 Å². The highest BCUT2D eigenvalue weighted by Crippen LogP contribution is 2.35. The third kappa shape index (κ3) is 3.46. The summed E-state index contributed by atoms with van der Waals surface area (Å²) in [6.07, 6.45) is 5.45. The van der Waals surface area contributed by atoms with E-state index in [1.165, 1.54) is 24.0 Å². The zero-order valence-corrected chi connectivity index (χ0v) is 13.1. The summed E-state index contributed by atoms with van der Waals surface area (Å²) in [5.74, 6) is 0.175. The quantitative estimate of drug-likeness (QED) is 0.878. The van der Waals surface area contributed by atoms with E-state index in [0.717, 1.165) is 25.8 Å². The van der Waals surface area contributed by atoms with Gasteiger partial charge < -0.3 is 10.6 Å². The number of amides is 1. The maximum atomic E-state index is 12.5. The summed E-state index contributed by atoms with van der Waals surface area (Å²) in [4.78, 5) is 12.5. The average Bonchev–Trinajstić information content (AvgIpc) is 2.49. The maximum absolute atomic E-state index is 12.5. The molecule has 114 valence electrons. The summed E-state index contributed by atoms with van der Waals surface area (Å²) in [7, 11) is 0. The van der Waals surface area contributed by atoms with Crippen LogP contribution in [0.3, 0.4) is 0 Å². The molecule has 3 nitrogen and oxygen atoms in total. The minimum Gasteiger partial charge on any atom is -0.352 e. The first-order valence-electron chi connectivity index (χ1n) is 8.14. The third-order valence-corrected chi connectivity index (χ3v) is 5.08. The highest BCUT2D eigenvalue weighted by Gasteiger charge is 2.30. The lowest BCUT2D eigenvalue weighted by atomic mass is 9.75. The predicted molar refractivity (Wildman–Crippen MR) is 85.0 cm³/mol. The summed E-state index contributed by atoms with van der Waals surface area (Å²) in [5, 5.41) is 6.62. The fraction of sp³-hybridized carbons (Fsp3) is 0.611. The van der Waals surface area contributed by atoms with Gasteiger partial charge in [0.05, 0.1) is 6.04 Å². The van der Waals surface area contributed by atoms with Crippen molar-refractivity contribution in [2.24, 2.45) is 5.41 Å². The summed E-state index contributed by atoms with van der Waals surface area (Å²) in [5.41, 5.74) is 3.07. The number of hydrogen-bond acceptors (Lipinski definition) is 2. The molecule has 0 bridgehead atoms. The topological polar surface area (TPSA) is 41.1 Å². The van der Waals surface area contributed by atoms with Crippen molar-refractivity contribution < 1.29 is 4.79 Å². The molecule has 1 aromatic carbocycles. The van der Waals surface area contributed by atoms with Gasteiger partial charge in [-0.25, -0.2) is 0 Å². The molecule has 0 aromatic heterocycles. The fourth-order valence-corrected chi connectivity index (χ4v) is 3.49. The van der Waals surface area contributed by atoms with Crippen LogP contribution in [-0.4, -0.2) is 18.0 Å². The third-order valence-electron chi connectivity index (χ3n) is 5.08. The van der Waals surface area contributed by atoms with Gasteiger partial charge in [0.2, 0.25) is 5.91 Å². The average molecular weight is 286 g/mol. The summed E-state index contributed by atoms with van der Waals surface area (Å²) >= 11 is 0. The van der Waals surface area contributed by atoms with Gasteiger partial charge >= 0.3 is 0 Å². The Bertz CT molecular complexity index is 514. The highest BCUT2D eigenvalue weighted by molar-refractivity contribution is 5.82. The van der Waals surface area contributed by atoms with Gasteiger partial charge in [-0.2, -0.15) is 0 Å². The zero-order valence-electron chi connectivity index (χ0n) is 13.1. The van der Waals surface area contributed by atoms with Crippen molar-refractivity contribution >= 4 is 5.91 Å². The van der Waals surface area contributed by atoms with Crippen LogP contribution in [0.1, 0.15) is 50.7 Å². The number of rotatable bonds is 2. The first-order valence-corrected chi connectivity index (χ1v) is 8.14. The number of fused-ring (bicyclic) bond motifs is 1. The number of benzene rings is 1. The molecule has 3 heteroatoms. The molecule has 1 aromatic rings. The second-order valence-corrected chi connectivity index (χ2v) is 7.35. The highest BCUT2D eigenvalue weighted by atomic mass is 16.2. The molecule has 1 atom stereocenters. The van der Waals surface area contributed by atoms with Crippen LogP contribution >= 0.6 is 0 Å². The summed E-state index contributed by atoms with van der Waals surface area (Å²) < 4.78 is 0. The first-order chi connectivity index (χ1) is 10.0. The Morgan fingerprint density at radius 2 is 1.86 bits per heavy atom. The van der Waals surface area contributed by atoms with Crippen molar-refractivity contribution in [3.05, 3.63) is 35.4 Å². The monoisotopic (exact) mass is 286 g/mol. The largest absolute Gasteiger partial charge is 0.352 e. The van der Waals surface area contributed by atoms with Crippen LogP contribution in [0.4, 0.5) is 0 Å². The number of nitrogens with one attached hydrogen (secondary N) is 2. The number of carbonyl (C=O) groups excluding carboxylic acids is 1. The number of carbonyl (C=O) groups is 1. The van der Waals surface area contributed by atoms with E-state index in [9.17, 15) is 4.79 Å². The van der Waals surface area contributed by atoms with Crippen LogP contribution in [0.2, 0.25) is 0 Å². The molecular weight excluding hydrogens is 260 g/mol. The van der Waals surface area contributed by atoms with Crippen LogP contribution in [0, 0.1) is 5.41 Å². The Morgan fingerprint density at radius 1 is 1.19 bits per heavy atom. The van der Waals surface area contributed by atoms with Gasteiger partial charge in [0.25, 0.3) is 0 Å². The van der Waals surface area contributed by atoms with E-state index in [0.29, 0.717) is 11.5 Å². The molecule has 0 unspecified atom stereocenters. The molecule has 1 saturated carbocycles. The molecule has 1 fully saturated rings. The molecule has 1 amide bonds. The molecule has 2 N–H and O–H groups in total. The summed E-state index contributed by atoms with van der Waals surface area (Å²) in [6.45, 7) is 5.45. The van der Waals surface area contributed by atoms with Crippen molar-refractivity contribution in [1.82, 2.24) is 10.6 Å². The van der Waals surface area contributed by atoms with Crippen molar-refractivity contribution in [2.45, 2.75) is 64.6 Å². The van der Waals surface area contributed by atoms with Crippen LogP contribution in [0.25, 0.3) is 0 Å². The van der Waals surface area contributed by atoms with Crippen LogP contribution in [0.5, 0.6) is 0 Å². The molecule has 3 rings (SSSR count). The van der Waals surface area contributed by atoms with Crippen LogP contribution in [0.15, 0.2) is 24.3 Å². The van der Waals surface area contributed by atoms with Gasteiger partial charge in [-0.15, -0.1) is 0 Å². The lowest BCUT2D eigenvalue weighted by molar-refractivity contribution is -0.124. The van der Waals surface area contributed by atoms with Gasteiger partial charge in [-0.05, 0) is 48.6 Å². The normalized spacial score (nSPS) is 25.1. The lowest BCUT2D eigenvalue weighted by Gasteiger charge is -2.35. The standard InChI is InChI=1S/C18H26N2O/c1-18(2)9-7-15(8-10-18)20-17(21)16-11-13-5-3-4-6-14(13)12-19-16/h3-6,15-16,19H,7-12H2,1-2H3,(H,20,21)/t16-/m1/s1. The maximum Gasteiger partial charge on any atom is 0.237 e. The van der Waals surface area contributed by atoms with Crippen LogP contribution < -0.4 is 10.6 Å². The molecule has 2 aliphatic rings. The van der Waals surface area contributed by atoms with E-state index in [1.807, 2.05) is 0 Å². The van der Waals surface area contributed by atoms with Gasteiger partial charge in [-0.3, -0.25) is 4.79 Å². The Kier molecular flexibility index (Phi) is 4.03. The Morgan fingerprint density at radius 3 is 2.57 bits per heavy atom. The van der Waals surface area contributed by atoms with E-state index < -0.39 is 0 Å². The van der Waals surface area contributed by atoms with Gasteiger partial charge in [0.15, 0.2) is 0 Å². The van der Waals surface area contributed by atoms with Crippen molar-refractivity contribution in [3.8, 4) is 0 Å². The fourth-order valence-electron chi connectivity index (χ4n) is 3.49. The van der Waals surface area contributed by atoms with Crippen LogP contribution in [-0.2, 0) is 17.8 Å². The van der Waals surface area contributed by atoms with E-state index >= 15 is 0 Å². The van der Waals surface area contributed by atoms with Crippen molar-refractivity contribution in [2.75, 3.05) is 0 Å². The second kappa shape index (κ2) is 5.80. The molecular formula is C18H26N2O. The molecule has 0 spiro atoms. The molecule has 1 heterocycles. The van der Waals surface area contributed by atoms with Crippen molar-refractivity contribution in [3.63, 3.8) is 0 Å². The Labute approximate surface area is 127 Å².